The van der Waals surface area contributed by atoms with Crippen LogP contribution in [0.5, 0.6) is 0 Å². The molecule has 4 nitrogen and oxygen atoms in total. The maximum absolute atomic E-state index is 12.4. The van der Waals surface area contributed by atoms with Crippen molar-refractivity contribution in [2.75, 3.05) is 31.1 Å². The molecule has 0 fully saturated rings. The monoisotopic (exact) mass is 297 g/mol. The van der Waals surface area contributed by atoms with E-state index in [1.54, 1.807) is 0 Å². The maximum Gasteiger partial charge on any atom is 0.321 e. The Morgan fingerprint density at radius 3 is 2.77 bits per heavy atom. The number of hydrogen-bond acceptors (Lipinski definition) is 2. The van der Waals surface area contributed by atoms with Crippen LogP contribution in [0, 0.1) is 6.92 Å². The fourth-order valence-corrected chi connectivity index (χ4v) is 3.75. The van der Waals surface area contributed by atoms with Crippen molar-refractivity contribution in [2.45, 2.75) is 39.5 Å². The number of benzene rings is 1. The van der Waals surface area contributed by atoms with Crippen molar-refractivity contribution in [1.29, 1.82) is 0 Å². The van der Waals surface area contributed by atoms with Crippen LogP contribution >= 0.6 is 0 Å². The Labute approximate surface area is 134 Å². The summed E-state index contributed by atoms with van der Waals surface area (Å²) in [6.45, 7) is 7.39. The standard InChI is InChI=1S/C17H24BN3O/c1-3-19-17(22)21-8-4-5-14-11-13-6-9-20(18)10-7-15(13)12(2)16(14)21/h11H,3-10H2,1-2H3,(H,19,22). The highest BCUT2D eigenvalue weighted by atomic mass is 16.2. The number of nitrogens with zero attached hydrogens (tertiary/aromatic N) is 2. The fourth-order valence-electron chi connectivity index (χ4n) is 3.75. The molecule has 0 saturated carbocycles. The molecule has 2 aliphatic rings. The van der Waals surface area contributed by atoms with Gasteiger partial charge in [0.1, 0.15) is 0 Å². The van der Waals surface area contributed by atoms with Crippen molar-refractivity contribution in [3.05, 3.63) is 28.3 Å². The summed E-state index contributed by atoms with van der Waals surface area (Å²) in [7, 11) is 5.99. The van der Waals surface area contributed by atoms with E-state index in [4.69, 9.17) is 7.98 Å². The molecule has 2 amide bonds. The van der Waals surface area contributed by atoms with E-state index in [1.807, 2.05) is 16.6 Å². The van der Waals surface area contributed by atoms with Gasteiger partial charge in [0.05, 0.1) is 5.69 Å². The summed E-state index contributed by atoms with van der Waals surface area (Å²) in [5.74, 6) is 0. The van der Waals surface area contributed by atoms with Crippen LogP contribution in [-0.2, 0) is 19.3 Å². The Morgan fingerprint density at radius 1 is 1.23 bits per heavy atom. The first-order valence-corrected chi connectivity index (χ1v) is 8.31. The number of fused-ring (bicyclic) bond motifs is 2. The molecule has 2 heterocycles. The third-order valence-electron chi connectivity index (χ3n) is 4.84. The Bertz CT molecular complexity index is 588. The summed E-state index contributed by atoms with van der Waals surface area (Å²) in [5.41, 5.74) is 6.54. The number of nitrogens with one attached hydrogen (secondary N) is 1. The molecule has 0 spiro atoms. The number of hydrogen-bond donors (Lipinski definition) is 1. The molecule has 0 atom stereocenters. The van der Waals surface area contributed by atoms with Gasteiger partial charge in [0.2, 0.25) is 0 Å². The Kier molecular flexibility index (Phi) is 4.43. The molecule has 1 aromatic carbocycles. The van der Waals surface area contributed by atoms with Gasteiger partial charge in [-0.25, -0.2) is 4.79 Å². The van der Waals surface area contributed by atoms with Crippen molar-refractivity contribution in [1.82, 2.24) is 10.1 Å². The summed E-state index contributed by atoms with van der Waals surface area (Å²) in [4.78, 5) is 16.2. The van der Waals surface area contributed by atoms with E-state index < -0.39 is 0 Å². The summed E-state index contributed by atoms with van der Waals surface area (Å²) < 4.78 is 0. The molecule has 0 aliphatic carbocycles. The van der Waals surface area contributed by atoms with Gasteiger partial charge in [0, 0.05) is 13.1 Å². The third kappa shape index (κ3) is 2.74. The van der Waals surface area contributed by atoms with E-state index in [0.717, 1.165) is 51.0 Å². The molecular weight excluding hydrogens is 273 g/mol. The van der Waals surface area contributed by atoms with Gasteiger partial charge in [0.15, 0.2) is 7.98 Å². The minimum absolute atomic E-state index is 0.0283. The molecule has 2 radical (unpaired) electrons. The second-order valence-corrected chi connectivity index (χ2v) is 6.27. The van der Waals surface area contributed by atoms with Gasteiger partial charge in [-0.05, 0) is 74.9 Å². The molecule has 116 valence electrons. The van der Waals surface area contributed by atoms with Gasteiger partial charge in [0.25, 0.3) is 0 Å². The number of carbonyl (C=O) groups excluding carboxylic acids is 1. The van der Waals surface area contributed by atoms with Crippen LogP contribution in [0.3, 0.4) is 0 Å². The van der Waals surface area contributed by atoms with E-state index >= 15 is 0 Å². The van der Waals surface area contributed by atoms with Crippen LogP contribution in [0.1, 0.15) is 35.6 Å². The smallest absolute Gasteiger partial charge is 0.321 e. The zero-order chi connectivity index (χ0) is 15.7. The molecule has 22 heavy (non-hydrogen) atoms. The maximum atomic E-state index is 12.4. The Hall–Kier alpha value is -1.49. The molecule has 2 aliphatic heterocycles. The largest absolute Gasteiger partial charge is 0.353 e. The molecular formula is C17H24BN3O. The molecule has 0 saturated heterocycles. The van der Waals surface area contributed by atoms with E-state index in [2.05, 4.69) is 18.3 Å². The first kappa shape index (κ1) is 15.4. The van der Waals surface area contributed by atoms with Gasteiger partial charge >= 0.3 is 6.03 Å². The lowest BCUT2D eigenvalue weighted by atomic mass is 9.89. The van der Waals surface area contributed by atoms with Crippen molar-refractivity contribution < 1.29 is 4.79 Å². The first-order valence-electron chi connectivity index (χ1n) is 8.31. The molecule has 0 unspecified atom stereocenters. The molecule has 0 bridgehead atoms. The van der Waals surface area contributed by atoms with E-state index in [9.17, 15) is 4.79 Å². The highest BCUT2D eigenvalue weighted by Gasteiger charge is 2.27. The average Bonchev–Trinajstić information content (AvgIpc) is 2.69. The zero-order valence-corrected chi connectivity index (χ0v) is 13.6. The van der Waals surface area contributed by atoms with E-state index in [-0.39, 0.29) is 6.03 Å². The highest BCUT2D eigenvalue weighted by molar-refractivity contribution is 6.04. The highest BCUT2D eigenvalue weighted by Crippen LogP contribution is 2.36. The molecule has 1 aromatic rings. The lowest BCUT2D eigenvalue weighted by Crippen LogP contribution is -2.43. The Morgan fingerprint density at radius 2 is 2.00 bits per heavy atom. The quantitative estimate of drug-likeness (QED) is 0.804. The number of carbonyl (C=O) groups is 1. The SMILES string of the molecule is [B]N1CCc2cc3c(c(C)c2CC1)N(C(=O)NCC)CCC3. The van der Waals surface area contributed by atoms with Crippen LogP contribution in [0.25, 0.3) is 0 Å². The van der Waals surface area contributed by atoms with Crippen molar-refractivity contribution in [2.24, 2.45) is 0 Å². The predicted molar refractivity (Wildman–Crippen MR) is 90.7 cm³/mol. The normalized spacial score (nSPS) is 18.4. The van der Waals surface area contributed by atoms with Crippen molar-refractivity contribution in [3.8, 4) is 0 Å². The molecule has 3 rings (SSSR count). The van der Waals surface area contributed by atoms with Gasteiger partial charge in [-0.1, -0.05) is 6.07 Å². The first-order chi connectivity index (χ1) is 10.6. The predicted octanol–water partition coefficient (Wildman–Crippen LogP) is 1.96. The molecule has 1 N–H and O–H groups in total. The minimum atomic E-state index is 0.0283. The summed E-state index contributed by atoms with van der Waals surface area (Å²) in [6, 6.07) is 2.35. The van der Waals surface area contributed by atoms with Crippen LogP contribution in [0.4, 0.5) is 10.5 Å². The lowest BCUT2D eigenvalue weighted by molar-refractivity contribution is 0.246. The number of aryl methyl sites for hydroxylation is 1. The fraction of sp³-hybridized carbons (Fsp3) is 0.588. The second-order valence-electron chi connectivity index (χ2n) is 6.27. The van der Waals surface area contributed by atoms with Gasteiger partial charge in [-0.2, -0.15) is 0 Å². The molecule has 5 heteroatoms. The van der Waals surface area contributed by atoms with Crippen LogP contribution < -0.4 is 10.2 Å². The van der Waals surface area contributed by atoms with E-state index in [0.29, 0.717) is 6.54 Å². The number of rotatable bonds is 1. The topological polar surface area (TPSA) is 35.6 Å². The zero-order valence-electron chi connectivity index (χ0n) is 13.6. The summed E-state index contributed by atoms with van der Waals surface area (Å²) in [5, 5.41) is 2.94. The van der Waals surface area contributed by atoms with Gasteiger partial charge in [-0.15, -0.1) is 0 Å². The van der Waals surface area contributed by atoms with Crippen LogP contribution in [0.2, 0.25) is 0 Å². The van der Waals surface area contributed by atoms with Crippen molar-refractivity contribution in [3.63, 3.8) is 0 Å². The number of amides is 2. The van der Waals surface area contributed by atoms with E-state index in [1.165, 1.54) is 22.3 Å². The van der Waals surface area contributed by atoms with Crippen LogP contribution in [-0.4, -0.2) is 45.0 Å². The summed E-state index contributed by atoms with van der Waals surface area (Å²) >= 11 is 0. The minimum Gasteiger partial charge on any atom is -0.353 e. The third-order valence-corrected chi connectivity index (χ3v) is 4.84. The second kappa shape index (κ2) is 6.33. The van der Waals surface area contributed by atoms with Gasteiger partial charge < -0.3 is 10.1 Å². The summed E-state index contributed by atoms with van der Waals surface area (Å²) in [6.07, 6.45) is 4.06. The lowest BCUT2D eigenvalue weighted by Gasteiger charge is -2.33. The number of anilines is 1. The van der Waals surface area contributed by atoms with Gasteiger partial charge in [-0.3, -0.25) is 4.90 Å². The van der Waals surface area contributed by atoms with Crippen molar-refractivity contribution >= 4 is 19.7 Å². The van der Waals surface area contributed by atoms with Crippen LogP contribution in [0.15, 0.2) is 6.07 Å². The molecule has 0 aromatic heterocycles. The average molecular weight is 297 g/mol. The number of urea groups is 1. The Balaban J connectivity index is 2.04.